The minimum atomic E-state index is -0.138. The normalized spacial score (nSPS) is 14.4. The van der Waals surface area contributed by atoms with Crippen LogP contribution in [-0.4, -0.2) is 21.0 Å². The summed E-state index contributed by atoms with van der Waals surface area (Å²) < 4.78 is 1.25. The van der Waals surface area contributed by atoms with Crippen LogP contribution in [-0.2, 0) is 12.8 Å². The van der Waals surface area contributed by atoms with E-state index in [1.165, 1.54) is 28.5 Å². The molecule has 4 rings (SSSR count). The maximum atomic E-state index is 12.7. The Labute approximate surface area is 136 Å². The van der Waals surface area contributed by atoms with Crippen molar-refractivity contribution in [1.82, 2.24) is 9.66 Å². The third kappa shape index (κ3) is 2.45. The number of phenolic OH excluding ortho intramolecular Hbond substituents is 1. The molecule has 0 saturated heterocycles. The van der Waals surface area contributed by atoms with E-state index in [0.29, 0.717) is 10.9 Å². The Balaban J connectivity index is 1.81. The molecule has 2 heterocycles. The number of aryl methyl sites for hydroxylation is 2. The number of rotatable bonds is 2. The maximum absolute atomic E-state index is 12.7. The topological polar surface area (TPSA) is 67.5 Å². The molecular formula is C17H15N3O2S. The Kier molecular flexibility index (Phi) is 3.46. The van der Waals surface area contributed by atoms with E-state index in [1.807, 2.05) is 0 Å². The van der Waals surface area contributed by atoms with Crippen molar-refractivity contribution < 1.29 is 5.11 Å². The van der Waals surface area contributed by atoms with E-state index in [9.17, 15) is 9.90 Å². The molecule has 0 bridgehead atoms. The zero-order valence-corrected chi connectivity index (χ0v) is 13.2. The zero-order chi connectivity index (χ0) is 15.8. The molecule has 1 N–H and O–H groups in total. The molecule has 2 aromatic heterocycles. The number of benzene rings is 1. The first-order valence-corrected chi connectivity index (χ1v) is 8.40. The summed E-state index contributed by atoms with van der Waals surface area (Å²) in [5.74, 6) is 0.131. The zero-order valence-electron chi connectivity index (χ0n) is 12.4. The third-order valence-electron chi connectivity index (χ3n) is 4.12. The summed E-state index contributed by atoms with van der Waals surface area (Å²) in [6.45, 7) is 0. The smallest absolute Gasteiger partial charge is 0.282 e. The van der Waals surface area contributed by atoms with Gasteiger partial charge in [-0.1, -0.05) is 12.1 Å². The summed E-state index contributed by atoms with van der Waals surface area (Å²) in [6, 6.07) is 6.87. The minimum Gasteiger partial charge on any atom is -0.507 e. The van der Waals surface area contributed by atoms with Crippen LogP contribution in [0.25, 0.3) is 10.2 Å². The quantitative estimate of drug-likeness (QED) is 0.737. The van der Waals surface area contributed by atoms with Gasteiger partial charge in [0, 0.05) is 10.4 Å². The van der Waals surface area contributed by atoms with Crippen LogP contribution in [0, 0.1) is 0 Å². The van der Waals surface area contributed by atoms with Crippen molar-refractivity contribution in [3.8, 4) is 5.75 Å². The number of hydrogen-bond acceptors (Lipinski definition) is 5. The molecule has 0 amide bonds. The molecule has 0 saturated carbocycles. The van der Waals surface area contributed by atoms with Crippen molar-refractivity contribution in [3.05, 3.63) is 57.0 Å². The minimum absolute atomic E-state index is 0.131. The van der Waals surface area contributed by atoms with E-state index in [1.54, 1.807) is 35.6 Å². The second kappa shape index (κ2) is 5.62. The van der Waals surface area contributed by atoms with E-state index in [2.05, 4.69) is 10.1 Å². The van der Waals surface area contributed by atoms with Gasteiger partial charge in [-0.15, -0.1) is 11.3 Å². The van der Waals surface area contributed by atoms with E-state index in [0.717, 1.165) is 29.7 Å². The Morgan fingerprint density at radius 1 is 1.26 bits per heavy atom. The summed E-state index contributed by atoms with van der Waals surface area (Å²) in [7, 11) is 0. The number of thiophene rings is 1. The van der Waals surface area contributed by atoms with Crippen molar-refractivity contribution in [3.63, 3.8) is 0 Å². The standard InChI is InChI=1S/C17H15N3O2S/c21-13-7-3-1-5-11(13)9-19-20-10-18-16-15(17(20)22)12-6-2-4-8-14(12)23-16/h1,3,5,7,9-10,21H,2,4,6,8H2. The second-order valence-electron chi connectivity index (χ2n) is 5.59. The van der Waals surface area contributed by atoms with Gasteiger partial charge in [-0.25, -0.2) is 4.98 Å². The van der Waals surface area contributed by atoms with Gasteiger partial charge in [0.15, 0.2) is 0 Å². The molecule has 1 aliphatic carbocycles. The Morgan fingerprint density at radius 2 is 2.09 bits per heavy atom. The number of hydrogen-bond donors (Lipinski definition) is 1. The molecular weight excluding hydrogens is 310 g/mol. The predicted octanol–water partition coefficient (Wildman–Crippen LogP) is 2.92. The number of phenols is 1. The lowest BCUT2D eigenvalue weighted by molar-refractivity contribution is 0.474. The molecule has 1 aliphatic rings. The van der Waals surface area contributed by atoms with Crippen LogP contribution in [0.5, 0.6) is 5.75 Å². The molecule has 6 heteroatoms. The first-order chi connectivity index (χ1) is 11.2. The van der Waals surface area contributed by atoms with Gasteiger partial charge in [-0.3, -0.25) is 4.79 Å². The van der Waals surface area contributed by atoms with Gasteiger partial charge in [-0.2, -0.15) is 9.78 Å². The number of aromatic hydroxyl groups is 1. The first-order valence-electron chi connectivity index (χ1n) is 7.58. The molecule has 1 aromatic carbocycles. The Morgan fingerprint density at radius 3 is 2.96 bits per heavy atom. The third-order valence-corrected chi connectivity index (χ3v) is 5.32. The summed E-state index contributed by atoms with van der Waals surface area (Å²) in [5.41, 5.74) is 1.58. The SMILES string of the molecule is O=c1c2c3c(sc2ncn1N=Cc1ccccc1O)CCCC3. The molecule has 0 radical (unpaired) electrons. The van der Waals surface area contributed by atoms with Crippen molar-refractivity contribution in [2.24, 2.45) is 5.10 Å². The average molecular weight is 325 g/mol. The fourth-order valence-corrected chi connectivity index (χ4v) is 4.16. The molecule has 116 valence electrons. The van der Waals surface area contributed by atoms with Gasteiger partial charge in [0.1, 0.15) is 16.9 Å². The predicted molar refractivity (Wildman–Crippen MR) is 91.6 cm³/mol. The fourth-order valence-electron chi connectivity index (χ4n) is 2.94. The molecule has 0 fully saturated rings. The largest absolute Gasteiger partial charge is 0.507 e. The first kappa shape index (κ1) is 14.1. The highest BCUT2D eigenvalue weighted by molar-refractivity contribution is 7.18. The fraction of sp³-hybridized carbons (Fsp3) is 0.235. The number of nitrogens with zero attached hydrogens (tertiary/aromatic N) is 3. The van der Waals surface area contributed by atoms with Gasteiger partial charge in [0.05, 0.1) is 11.6 Å². The van der Waals surface area contributed by atoms with Gasteiger partial charge in [0.2, 0.25) is 0 Å². The highest BCUT2D eigenvalue weighted by atomic mass is 32.1. The highest BCUT2D eigenvalue weighted by Gasteiger charge is 2.19. The van der Waals surface area contributed by atoms with Crippen molar-refractivity contribution >= 4 is 27.8 Å². The molecule has 23 heavy (non-hydrogen) atoms. The molecule has 0 aliphatic heterocycles. The van der Waals surface area contributed by atoms with Crippen LogP contribution in [0.2, 0.25) is 0 Å². The van der Waals surface area contributed by atoms with E-state index < -0.39 is 0 Å². The number of para-hydroxylation sites is 1. The molecule has 0 spiro atoms. The van der Waals surface area contributed by atoms with Gasteiger partial charge in [0.25, 0.3) is 5.56 Å². The van der Waals surface area contributed by atoms with Crippen molar-refractivity contribution in [2.75, 3.05) is 0 Å². The number of fused-ring (bicyclic) bond motifs is 3. The van der Waals surface area contributed by atoms with E-state index in [4.69, 9.17) is 0 Å². The van der Waals surface area contributed by atoms with Crippen LogP contribution in [0.4, 0.5) is 0 Å². The van der Waals surface area contributed by atoms with Gasteiger partial charge < -0.3 is 5.11 Å². The van der Waals surface area contributed by atoms with Crippen LogP contribution < -0.4 is 5.56 Å². The van der Waals surface area contributed by atoms with E-state index >= 15 is 0 Å². The van der Waals surface area contributed by atoms with Crippen LogP contribution in [0.15, 0.2) is 40.5 Å². The summed E-state index contributed by atoms with van der Waals surface area (Å²) in [5, 5.41) is 14.6. The second-order valence-corrected chi connectivity index (χ2v) is 6.67. The Bertz CT molecular complexity index is 972. The van der Waals surface area contributed by atoms with Gasteiger partial charge in [-0.05, 0) is 43.4 Å². The molecule has 5 nitrogen and oxygen atoms in total. The lowest BCUT2D eigenvalue weighted by atomic mass is 9.97. The molecule has 0 unspecified atom stereocenters. The highest BCUT2D eigenvalue weighted by Crippen LogP contribution is 2.33. The van der Waals surface area contributed by atoms with Crippen LogP contribution >= 0.6 is 11.3 Å². The van der Waals surface area contributed by atoms with Crippen molar-refractivity contribution in [1.29, 1.82) is 0 Å². The molecule has 0 atom stereocenters. The summed E-state index contributed by atoms with van der Waals surface area (Å²) >= 11 is 1.62. The van der Waals surface area contributed by atoms with Crippen LogP contribution in [0.3, 0.4) is 0 Å². The molecule has 3 aromatic rings. The summed E-state index contributed by atoms with van der Waals surface area (Å²) in [6.07, 6.45) is 7.20. The van der Waals surface area contributed by atoms with Crippen molar-refractivity contribution in [2.45, 2.75) is 25.7 Å². The lowest BCUT2D eigenvalue weighted by Crippen LogP contribution is -2.18. The monoisotopic (exact) mass is 325 g/mol. The number of aromatic nitrogens is 2. The van der Waals surface area contributed by atoms with E-state index in [-0.39, 0.29) is 11.3 Å². The lowest BCUT2D eigenvalue weighted by Gasteiger charge is -2.09. The average Bonchev–Trinajstić information content (AvgIpc) is 2.95. The Hall–Kier alpha value is -2.47. The van der Waals surface area contributed by atoms with Crippen LogP contribution in [0.1, 0.15) is 28.8 Å². The van der Waals surface area contributed by atoms with Gasteiger partial charge >= 0.3 is 0 Å². The maximum Gasteiger partial charge on any atom is 0.282 e. The summed E-state index contributed by atoms with van der Waals surface area (Å²) in [4.78, 5) is 19.2.